The van der Waals surface area contributed by atoms with Crippen LogP contribution in [0.15, 0.2) is 42.5 Å². The molecule has 1 aliphatic heterocycles. The third-order valence-electron chi connectivity index (χ3n) is 4.20. The summed E-state index contributed by atoms with van der Waals surface area (Å²) in [6.07, 6.45) is 0.743. The highest BCUT2D eigenvalue weighted by molar-refractivity contribution is 7.99. The Hall–Kier alpha value is -1.36. The van der Waals surface area contributed by atoms with E-state index in [1.54, 1.807) is 17.8 Å². The minimum atomic E-state index is -0.306. The van der Waals surface area contributed by atoms with Gasteiger partial charge >= 0.3 is 0 Å². The van der Waals surface area contributed by atoms with E-state index in [0.29, 0.717) is 21.6 Å². The van der Waals surface area contributed by atoms with E-state index in [2.05, 4.69) is 5.32 Å². The molecule has 0 aliphatic carbocycles. The van der Waals surface area contributed by atoms with E-state index in [9.17, 15) is 4.79 Å². The Kier molecular flexibility index (Phi) is 6.06. The van der Waals surface area contributed by atoms with Gasteiger partial charge in [0.15, 0.2) is 0 Å². The topological polar surface area (TPSA) is 38.3 Å². The molecule has 0 fully saturated rings. The molecule has 6 heteroatoms. The van der Waals surface area contributed by atoms with Crippen LogP contribution in [0.2, 0.25) is 10.0 Å². The van der Waals surface area contributed by atoms with Crippen molar-refractivity contribution < 1.29 is 9.53 Å². The van der Waals surface area contributed by atoms with Crippen LogP contribution in [0.25, 0.3) is 0 Å². The summed E-state index contributed by atoms with van der Waals surface area (Å²) in [6.45, 7) is 4.09. The van der Waals surface area contributed by atoms with Crippen molar-refractivity contribution in [2.75, 3.05) is 5.75 Å². The van der Waals surface area contributed by atoms with E-state index in [0.717, 1.165) is 23.3 Å². The van der Waals surface area contributed by atoms with Crippen molar-refractivity contribution in [1.82, 2.24) is 5.32 Å². The number of thioether (sulfide) groups is 1. The first-order chi connectivity index (χ1) is 12.3. The van der Waals surface area contributed by atoms with E-state index < -0.39 is 0 Å². The van der Waals surface area contributed by atoms with Crippen molar-refractivity contribution in [3.8, 4) is 5.75 Å². The van der Waals surface area contributed by atoms with Crippen LogP contribution < -0.4 is 10.1 Å². The molecule has 1 atom stereocenters. The third-order valence-corrected chi connectivity index (χ3v) is 5.94. The van der Waals surface area contributed by atoms with Crippen molar-refractivity contribution in [1.29, 1.82) is 0 Å². The highest BCUT2D eigenvalue weighted by Gasteiger charge is 2.34. The zero-order chi connectivity index (χ0) is 18.7. The lowest BCUT2D eigenvalue weighted by molar-refractivity contribution is -0.119. The van der Waals surface area contributed by atoms with E-state index in [1.165, 1.54) is 0 Å². The van der Waals surface area contributed by atoms with Gasteiger partial charge in [0.2, 0.25) is 5.91 Å². The van der Waals surface area contributed by atoms with Crippen LogP contribution in [0, 0.1) is 0 Å². The number of hydrogen-bond acceptors (Lipinski definition) is 3. The molecule has 1 N–H and O–H groups in total. The molecule has 0 radical (unpaired) electrons. The van der Waals surface area contributed by atoms with E-state index in [-0.39, 0.29) is 17.6 Å². The van der Waals surface area contributed by atoms with Crippen molar-refractivity contribution in [3.05, 3.63) is 63.6 Å². The molecule has 0 unspecified atom stereocenters. The number of fused-ring (bicyclic) bond motifs is 1. The number of carbonyl (C=O) groups is 1. The number of benzene rings is 2. The van der Waals surface area contributed by atoms with E-state index >= 15 is 0 Å². The second kappa shape index (κ2) is 8.12. The SMILES string of the molecule is CC1(C)C[C@H](NC(=O)CSCc2ccc(Cl)c(Cl)c2)c2ccccc2O1. The Bertz CT molecular complexity index is 810. The molecular formula is C20H21Cl2NO2S. The van der Waals surface area contributed by atoms with E-state index in [1.807, 2.05) is 50.2 Å². The number of hydrogen-bond donors (Lipinski definition) is 1. The minimum absolute atomic E-state index is 0.0209. The van der Waals surface area contributed by atoms with Gasteiger partial charge in [-0.1, -0.05) is 47.5 Å². The van der Waals surface area contributed by atoms with Crippen molar-refractivity contribution in [2.24, 2.45) is 0 Å². The number of rotatable bonds is 5. The van der Waals surface area contributed by atoms with Crippen molar-refractivity contribution >= 4 is 40.9 Å². The molecule has 2 aromatic rings. The molecule has 0 bridgehead atoms. The number of halogens is 2. The molecule has 0 spiro atoms. The average molecular weight is 410 g/mol. The summed E-state index contributed by atoms with van der Waals surface area (Å²) in [6, 6.07) is 13.4. The summed E-state index contributed by atoms with van der Waals surface area (Å²) in [5.74, 6) is 1.96. The summed E-state index contributed by atoms with van der Waals surface area (Å²) in [4.78, 5) is 12.4. The highest BCUT2D eigenvalue weighted by atomic mass is 35.5. The maximum Gasteiger partial charge on any atom is 0.230 e. The molecule has 0 saturated heterocycles. The minimum Gasteiger partial charge on any atom is -0.487 e. The summed E-state index contributed by atoms with van der Waals surface area (Å²) in [7, 11) is 0. The molecule has 1 amide bonds. The molecule has 3 rings (SSSR count). The fourth-order valence-electron chi connectivity index (χ4n) is 3.06. The molecular weight excluding hydrogens is 389 g/mol. The van der Waals surface area contributed by atoms with Crippen LogP contribution in [0.3, 0.4) is 0 Å². The first kappa shape index (κ1) is 19.4. The molecule has 138 valence electrons. The van der Waals surface area contributed by atoms with Gasteiger partial charge in [0.25, 0.3) is 0 Å². The van der Waals surface area contributed by atoms with Gasteiger partial charge < -0.3 is 10.1 Å². The average Bonchev–Trinajstić information content (AvgIpc) is 2.57. The Balaban J connectivity index is 1.57. The van der Waals surface area contributed by atoms with Gasteiger partial charge in [0, 0.05) is 17.7 Å². The van der Waals surface area contributed by atoms with Crippen LogP contribution >= 0.6 is 35.0 Å². The summed E-state index contributed by atoms with van der Waals surface area (Å²) >= 11 is 13.5. The van der Waals surface area contributed by atoms with Crippen molar-refractivity contribution in [2.45, 2.75) is 37.7 Å². The third kappa shape index (κ3) is 4.87. The second-order valence-corrected chi connectivity index (χ2v) is 8.77. The lowest BCUT2D eigenvalue weighted by Gasteiger charge is -2.37. The van der Waals surface area contributed by atoms with E-state index in [4.69, 9.17) is 27.9 Å². The van der Waals surface area contributed by atoms with Gasteiger partial charge in [-0.15, -0.1) is 11.8 Å². The Morgan fingerprint density at radius 2 is 2.00 bits per heavy atom. The lowest BCUT2D eigenvalue weighted by Crippen LogP contribution is -2.41. The Morgan fingerprint density at radius 1 is 1.23 bits per heavy atom. The van der Waals surface area contributed by atoms with Gasteiger partial charge in [-0.05, 0) is 37.6 Å². The van der Waals surface area contributed by atoms with Gasteiger partial charge in [0.05, 0.1) is 21.8 Å². The number of nitrogens with one attached hydrogen (secondary N) is 1. The summed E-state index contributed by atoms with van der Waals surface area (Å²) in [5.41, 5.74) is 1.78. The zero-order valence-corrected chi connectivity index (χ0v) is 17.0. The quantitative estimate of drug-likeness (QED) is 0.693. The zero-order valence-electron chi connectivity index (χ0n) is 14.7. The molecule has 0 aromatic heterocycles. The molecule has 1 heterocycles. The van der Waals surface area contributed by atoms with Gasteiger partial charge in [-0.25, -0.2) is 0 Å². The van der Waals surface area contributed by atoms with Gasteiger partial charge in [0.1, 0.15) is 11.4 Å². The van der Waals surface area contributed by atoms with Crippen LogP contribution in [-0.2, 0) is 10.5 Å². The fraction of sp³-hybridized carbons (Fsp3) is 0.350. The first-order valence-corrected chi connectivity index (χ1v) is 10.3. The molecule has 3 nitrogen and oxygen atoms in total. The van der Waals surface area contributed by atoms with Crippen LogP contribution in [-0.4, -0.2) is 17.3 Å². The summed E-state index contributed by atoms with van der Waals surface area (Å²) < 4.78 is 6.01. The number of para-hydroxylation sites is 1. The molecule has 26 heavy (non-hydrogen) atoms. The Morgan fingerprint density at radius 3 is 2.77 bits per heavy atom. The molecule has 0 saturated carbocycles. The largest absolute Gasteiger partial charge is 0.487 e. The normalized spacial score (nSPS) is 17.9. The fourth-order valence-corrected chi connectivity index (χ4v) is 4.16. The lowest BCUT2D eigenvalue weighted by atomic mass is 9.90. The van der Waals surface area contributed by atoms with Crippen molar-refractivity contribution in [3.63, 3.8) is 0 Å². The monoisotopic (exact) mass is 409 g/mol. The first-order valence-electron chi connectivity index (χ1n) is 8.43. The predicted octanol–water partition coefficient (Wildman–Crippen LogP) is 5.65. The van der Waals surface area contributed by atoms with Crippen LogP contribution in [0.5, 0.6) is 5.75 Å². The highest BCUT2D eigenvalue weighted by Crippen LogP contribution is 2.39. The summed E-state index contributed by atoms with van der Waals surface area (Å²) in [5, 5.41) is 4.23. The van der Waals surface area contributed by atoms with Gasteiger partial charge in [-0.3, -0.25) is 4.79 Å². The predicted molar refractivity (Wildman–Crippen MR) is 109 cm³/mol. The number of carbonyl (C=O) groups excluding carboxylic acids is 1. The smallest absolute Gasteiger partial charge is 0.230 e. The standard InChI is InChI=1S/C20H21Cl2NO2S/c1-20(2)10-17(14-5-3-4-6-18(14)25-20)23-19(24)12-26-11-13-7-8-15(21)16(22)9-13/h3-9,17H,10-12H2,1-2H3,(H,23,24)/t17-/m0/s1. The maximum absolute atomic E-state index is 12.4. The maximum atomic E-state index is 12.4. The van der Waals surface area contributed by atoms with Crippen LogP contribution in [0.1, 0.15) is 37.4 Å². The molecule has 1 aliphatic rings. The second-order valence-electron chi connectivity index (χ2n) is 6.97. The van der Waals surface area contributed by atoms with Crippen LogP contribution in [0.4, 0.5) is 0 Å². The Labute approximate surface area is 168 Å². The number of ether oxygens (including phenoxy) is 1. The molecule has 2 aromatic carbocycles. The van der Waals surface area contributed by atoms with Gasteiger partial charge in [-0.2, -0.15) is 0 Å². The number of amides is 1.